The van der Waals surface area contributed by atoms with Gasteiger partial charge in [0.2, 0.25) is 0 Å². The van der Waals surface area contributed by atoms with Gasteiger partial charge in [0.25, 0.3) is 0 Å². The number of ether oxygens (including phenoxy) is 4. The first-order chi connectivity index (χ1) is 9.54. The van der Waals surface area contributed by atoms with Crippen molar-refractivity contribution in [3.8, 4) is 5.75 Å². The maximum absolute atomic E-state index is 11.8. The molecule has 0 atom stereocenters. The summed E-state index contributed by atoms with van der Waals surface area (Å²) in [4.78, 5) is 23.5. The summed E-state index contributed by atoms with van der Waals surface area (Å²) in [5, 5.41) is 0. The van der Waals surface area contributed by atoms with Gasteiger partial charge in [-0.2, -0.15) is 0 Å². The Labute approximate surface area is 125 Å². The first-order valence-electron chi connectivity index (χ1n) is 5.75. The van der Waals surface area contributed by atoms with Crippen LogP contribution in [0.5, 0.6) is 5.75 Å². The average molecular weight is 347 g/mol. The van der Waals surface area contributed by atoms with Crippen LogP contribution in [-0.2, 0) is 14.2 Å². The molecule has 110 valence electrons. The number of halogens is 1. The van der Waals surface area contributed by atoms with Gasteiger partial charge in [-0.25, -0.2) is 9.59 Å². The molecule has 0 amide bonds. The van der Waals surface area contributed by atoms with Crippen molar-refractivity contribution in [3.63, 3.8) is 0 Å². The van der Waals surface area contributed by atoms with Gasteiger partial charge in [-0.15, -0.1) is 0 Å². The highest BCUT2D eigenvalue weighted by Crippen LogP contribution is 2.31. The maximum atomic E-state index is 11.8. The third kappa shape index (κ3) is 3.94. The van der Waals surface area contributed by atoms with E-state index >= 15 is 0 Å². The van der Waals surface area contributed by atoms with Crippen molar-refractivity contribution in [2.45, 2.75) is 6.92 Å². The molecular formula is C13H15BrO6. The van der Waals surface area contributed by atoms with Gasteiger partial charge in [-0.05, 0) is 35.0 Å². The van der Waals surface area contributed by atoms with E-state index in [0.717, 1.165) is 0 Å². The Morgan fingerprint density at radius 1 is 1.20 bits per heavy atom. The molecule has 0 aromatic heterocycles. The van der Waals surface area contributed by atoms with Crippen molar-refractivity contribution in [2.75, 3.05) is 27.6 Å². The van der Waals surface area contributed by atoms with E-state index in [1.54, 1.807) is 6.92 Å². The summed E-state index contributed by atoms with van der Waals surface area (Å²) >= 11 is 3.25. The molecule has 0 aliphatic carbocycles. The van der Waals surface area contributed by atoms with Crippen LogP contribution in [0.15, 0.2) is 16.6 Å². The largest absolute Gasteiger partial charge is 0.465 e. The Morgan fingerprint density at radius 2 is 1.90 bits per heavy atom. The Kier molecular flexibility index (Phi) is 6.47. The van der Waals surface area contributed by atoms with Crippen LogP contribution in [0.3, 0.4) is 0 Å². The third-order valence-electron chi connectivity index (χ3n) is 2.28. The molecule has 7 heteroatoms. The minimum Gasteiger partial charge on any atom is -0.465 e. The maximum Gasteiger partial charge on any atom is 0.341 e. The van der Waals surface area contributed by atoms with Crippen molar-refractivity contribution >= 4 is 27.9 Å². The van der Waals surface area contributed by atoms with E-state index in [4.69, 9.17) is 14.2 Å². The molecule has 1 aromatic rings. The zero-order valence-corrected chi connectivity index (χ0v) is 13.0. The van der Waals surface area contributed by atoms with Gasteiger partial charge in [0.1, 0.15) is 5.56 Å². The molecule has 0 unspecified atom stereocenters. The van der Waals surface area contributed by atoms with E-state index in [1.807, 2.05) is 0 Å². The minimum atomic E-state index is -0.622. The lowest BCUT2D eigenvalue weighted by molar-refractivity contribution is 0.0459. The monoisotopic (exact) mass is 346 g/mol. The summed E-state index contributed by atoms with van der Waals surface area (Å²) in [5.41, 5.74) is 0.339. The predicted octanol–water partition coefficient (Wildman–Crippen LogP) is 2.40. The number of carbonyl (C=O) groups is 2. The van der Waals surface area contributed by atoms with Crippen molar-refractivity contribution in [1.29, 1.82) is 0 Å². The highest BCUT2D eigenvalue weighted by molar-refractivity contribution is 9.10. The molecule has 0 aliphatic rings. The quantitative estimate of drug-likeness (QED) is 0.581. The Balaban J connectivity index is 3.25. The van der Waals surface area contributed by atoms with Gasteiger partial charge < -0.3 is 18.9 Å². The standard InChI is InChI=1S/C13H15BrO6/c1-4-19-12(15)8-5-9(13(16)18-3)11(10(14)6-8)20-7-17-2/h5-6H,4,7H2,1-3H3. The molecule has 0 N–H and O–H groups in total. The molecule has 0 saturated carbocycles. The van der Waals surface area contributed by atoms with Crippen LogP contribution in [0, 0.1) is 0 Å². The summed E-state index contributed by atoms with van der Waals surface area (Å²) in [6.45, 7) is 1.90. The lowest BCUT2D eigenvalue weighted by Crippen LogP contribution is -2.11. The van der Waals surface area contributed by atoms with Crippen LogP contribution in [-0.4, -0.2) is 39.6 Å². The van der Waals surface area contributed by atoms with Gasteiger partial charge in [0, 0.05) is 7.11 Å². The van der Waals surface area contributed by atoms with E-state index in [-0.39, 0.29) is 30.3 Å². The van der Waals surface area contributed by atoms with Crippen molar-refractivity contribution in [1.82, 2.24) is 0 Å². The summed E-state index contributed by atoms with van der Waals surface area (Å²) in [6.07, 6.45) is 0. The van der Waals surface area contributed by atoms with Crippen molar-refractivity contribution in [3.05, 3.63) is 27.7 Å². The smallest absolute Gasteiger partial charge is 0.341 e. The Hall–Kier alpha value is -1.60. The number of benzene rings is 1. The van der Waals surface area contributed by atoms with Crippen molar-refractivity contribution in [2.24, 2.45) is 0 Å². The summed E-state index contributed by atoms with van der Waals surface area (Å²) in [5.74, 6) is -0.911. The molecule has 0 spiro atoms. The summed E-state index contributed by atoms with van der Waals surface area (Å²) < 4.78 is 20.1. The fourth-order valence-electron chi connectivity index (χ4n) is 1.45. The fourth-order valence-corrected chi connectivity index (χ4v) is 2.03. The molecule has 0 bridgehead atoms. The molecule has 0 radical (unpaired) electrons. The number of hydrogen-bond acceptors (Lipinski definition) is 6. The second-order valence-electron chi connectivity index (χ2n) is 3.60. The average Bonchev–Trinajstić information content (AvgIpc) is 2.44. The van der Waals surface area contributed by atoms with Crippen molar-refractivity contribution < 1.29 is 28.5 Å². The third-order valence-corrected chi connectivity index (χ3v) is 2.87. The van der Waals surface area contributed by atoms with E-state index in [0.29, 0.717) is 4.47 Å². The molecule has 6 nitrogen and oxygen atoms in total. The fraction of sp³-hybridized carbons (Fsp3) is 0.385. The minimum absolute atomic E-state index is 0.0403. The SMILES string of the molecule is CCOC(=O)c1cc(Br)c(OCOC)c(C(=O)OC)c1. The van der Waals surface area contributed by atoms with Gasteiger partial charge in [0.05, 0.1) is 23.8 Å². The second-order valence-corrected chi connectivity index (χ2v) is 4.45. The molecule has 0 saturated heterocycles. The number of hydrogen-bond donors (Lipinski definition) is 0. The lowest BCUT2D eigenvalue weighted by atomic mass is 10.1. The normalized spacial score (nSPS) is 10.0. The summed E-state index contributed by atoms with van der Waals surface area (Å²) in [6, 6.07) is 2.87. The highest BCUT2D eigenvalue weighted by atomic mass is 79.9. The van der Waals surface area contributed by atoms with Crippen LogP contribution in [0.1, 0.15) is 27.6 Å². The molecular weight excluding hydrogens is 332 g/mol. The van der Waals surface area contributed by atoms with E-state index < -0.39 is 11.9 Å². The summed E-state index contributed by atoms with van der Waals surface area (Å²) in [7, 11) is 2.70. The Morgan fingerprint density at radius 3 is 2.45 bits per heavy atom. The van der Waals surface area contributed by atoms with Crippen LogP contribution in [0.25, 0.3) is 0 Å². The lowest BCUT2D eigenvalue weighted by Gasteiger charge is -2.13. The molecule has 20 heavy (non-hydrogen) atoms. The Bertz CT molecular complexity index is 500. The van der Waals surface area contributed by atoms with Gasteiger partial charge in [0.15, 0.2) is 12.5 Å². The first kappa shape index (κ1) is 16.5. The van der Waals surface area contributed by atoms with Crippen LogP contribution < -0.4 is 4.74 Å². The molecule has 0 aliphatic heterocycles. The zero-order chi connectivity index (χ0) is 15.1. The van der Waals surface area contributed by atoms with Gasteiger partial charge >= 0.3 is 11.9 Å². The van der Waals surface area contributed by atoms with Gasteiger partial charge in [-0.3, -0.25) is 0 Å². The van der Waals surface area contributed by atoms with Crippen LogP contribution in [0.2, 0.25) is 0 Å². The van der Waals surface area contributed by atoms with Crippen LogP contribution in [0.4, 0.5) is 0 Å². The first-order valence-corrected chi connectivity index (χ1v) is 6.55. The van der Waals surface area contributed by atoms with E-state index in [9.17, 15) is 9.59 Å². The number of rotatable bonds is 6. The van der Waals surface area contributed by atoms with Crippen LogP contribution >= 0.6 is 15.9 Å². The highest BCUT2D eigenvalue weighted by Gasteiger charge is 2.21. The van der Waals surface area contributed by atoms with E-state index in [1.165, 1.54) is 26.4 Å². The number of carbonyl (C=O) groups excluding carboxylic acids is 2. The molecule has 1 aromatic carbocycles. The second kappa shape index (κ2) is 7.86. The topological polar surface area (TPSA) is 71.1 Å². The molecule has 0 heterocycles. The number of methoxy groups -OCH3 is 2. The van der Waals surface area contributed by atoms with E-state index in [2.05, 4.69) is 20.7 Å². The number of esters is 2. The molecule has 1 rings (SSSR count). The van der Waals surface area contributed by atoms with Gasteiger partial charge in [-0.1, -0.05) is 0 Å². The predicted molar refractivity (Wildman–Crippen MR) is 73.9 cm³/mol. The zero-order valence-electron chi connectivity index (χ0n) is 11.4. The molecule has 0 fully saturated rings.